The zero-order valence-corrected chi connectivity index (χ0v) is 16.6. The number of halogens is 2. The highest BCUT2D eigenvalue weighted by atomic mass is 79.9. The Labute approximate surface area is 158 Å². The van der Waals surface area contributed by atoms with E-state index in [1.807, 2.05) is 26.0 Å². The normalized spacial score (nSPS) is 12.5. The molecule has 0 saturated heterocycles. The highest BCUT2D eigenvalue weighted by Gasteiger charge is 2.06. The van der Waals surface area contributed by atoms with Crippen LogP contribution < -0.4 is 0 Å². The number of nitrogens with zero attached hydrogens (tertiary/aromatic N) is 2. The van der Waals surface area contributed by atoms with E-state index in [-0.39, 0.29) is 11.5 Å². The van der Waals surface area contributed by atoms with Crippen LogP contribution in [0.1, 0.15) is 25.0 Å². The van der Waals surface area contributed by atoms with Crippen molar-refractivity contribution in [1.82, 2.24) is 0 Å². The van der Waals surface area contributed by atoms with E-state index < -0.39 is 0 Å². The summed E-state index contributed by atoms with van der Waals surface area (Å²) >= 11 is 6.78. The SMILES string of the molecule is CC(=NCCN=C(C)c1cc(Br)ccc1O)c1cc(Br)ccc1O. The molecule has 0 amide bonds. The third-order valence-electron chi connectivity index (χ3n) is 3.49. The van der Waals surface area contributed by atoms with Crippen LogP contribution in [0, 0.1) is 0 Å². The van der Waals surface area contributed by atoms with Crippen LogP contribution in [-0.4, -0.2) is 34.7 Å². The maximum Gasteiger partial charge on any atom is 0.124 e. The molecule has 0 radical (unpaired) electrons. The minimum Gasteiger partial charge on any atom is -0.507 e. The molecule has 2 N–H and O–H groups in total. The van der Waals surface area contributed by atoms with Gasteiger partial charge in [-0.15, -0.1) is 0 Å². The van der Waals surface area contributed by atoms with Gasteiger partial charge >= 0.3 is 0 Å². The second kappa shape index (κ2) is 8.44. The van der Waals surface area contributed by atoms with E-state index in [0.717, 1.165) is 20.4 Å². The summed E-state index contributed by atoms with van der Waals surface area (Å²) in [5.41, 5.74) is 2.92. The lowest BCUT2D eigenvalue weighted by Gasteiger charge is -2.06. The van der Waals surface area contributed by atoms with Crippen LogP contribution >= 0.6 is 31.9 Å². The summed E-state index contributed by atoms with van der Waals surface area (Å²) in [7, 11) is 0. The molecular weight excluding hydrogens is 436 g/mol. The molecule has 0 heterocycles. The third kappa shape index (κ3) is 4.92. The smallest absolute Gasteiger partial charge is 0.124 e. The van der Waals surface area contributed by atoms with Crippen LogP contribution in [0.3, 0.4) is 0 Å². The topological polar surface area (TPSA) is 65.2 Å². The van der Waals surface area contributed by atoms with Gasteiger partial charge in [0.1, 0.15) is 11.5 Å². The monoisotopic (exact) mass is 452 g/mol. The molecule has 0 aromatic heterocycles. The van der Waals surface area contributed by atoms with Crippen LogP contribution in [0.2, 0.25) is 0 Å². The van der Waals surface area contributed by atoms with Crippen molar-refractivity contribution in [1.29, 1.82) is 0 Å². The standard InChI is InChI=1S/C18H18Br2N2O2/c1-11(15-9-13(19)3-5-17(15)23)21-7-8-22-12(2)16-10-14(20)4-6-18(16)24/h3-6,9-10,23-24H,7-8H2,1-2H3. The van der Waals surface area contributed by atoms with E-state index in [0.29, 0.717) is 24.2 Å². The lowest BCUT2D eigenvalue weighted by atomic mass is 10.1. The molecule has 2 rings (SSSR count). The Morgan fingerprint density at radius 2 is 1.17 bits per heavy atom. The first-order valence-electron chi connectivity index (χ1n) is 7.38. The number of phenols is 2. The third-order valence-corrected chi connectivity index (χ3v) is 4.48. The summed E-state index contributed by atoms with van der Waals surface area (Å²) in [5.74, 6) is 0.413. The quantitative estimate of drug-likeness (QED) is 0.497. The molecule has 24 heavy (non-hydrogen) atoms. The Kier molecular flexibility index (Phi) is 6.57. The summed E-state index contributed by atoms with van der Waals surface area (Å²) < 4.78 is 1.78. The number of benzene rings is 2. The number of aliphatic imine (C=N–C) groups is 2. The molecule has 4 nitrogen and oxygen atoms in total. The predicted octanol–water partition coefficient (Wildman–Crippen LogP) is 4.94. The first-order valence-corrected chi connectivity index (χ1v) is 8.97. The zero-order valence-electron chi connectivity index (χ0n) is 13.4. The highest BCUT2D eigenvalue weighted by Crippen LogP contribution is 2.23. The second-order valence-corrected chi connectivity index (χ2v) is 7.09. The van der Waals surface area contributed by atoms with Gasteiger partial charge in [-0.1, -0.05) is 31.9 Å². The Hall–Kier alpha value is -1.66. The van der Waals surface area contributed by atoms with E-state index in [4.69, 9.17) is 0 Å². The molecule has 0 atom stereocenters. The van der Waals surface area contributed by atoms with Crippen molar-refractivity contribution in [3.05, 3.63) is 56.5 Å². The average Bonchev–Trinajstić information content (AvgIpc) is 2.55. The van der Waals surface area contributed by atoms with Gasteiger partial charge in [0, 0.05) is 31.5 Å². The molecule has 0 aliphatic carbocycles. The molecule has 0 bridgehead atoms. The molecule has 0 aliphatic heterocycles. The lowest BCUT2D eigenvalue weighted by molar-refractivity contribution is 0.473. The number of phenolic OH excluding ortho intramolecular Hbond substituents is 2. The first kappa shape index (κ1) is 18.7. The predicted molar refractivity (Wildman–Crippen MR) is 106 cm³/mol. The Morgan fingerprint density at radius 1 is 0.792 bits per heavy atom. The second-order valence-electron chi connectivity index (χ2n) is 5.26. The molecule has 0 fully saturated rings. The molecule has 0 spiro atoms. The molecule has 126 valence electrons. The fourth-order valence-corrected chi connectivity index (χ4v) is 2.92. The summed E-state index contributed by atoms with van der Waals surface area (Å²) in [6.07, 6.45) is 0. The van der Waals surface area contributed by atoms with Gasteiger partial charge in [0.2, 0.25) is 0 Å². The summed E-state index contributed by atoms with van der Waals surface area (Å²) in [6, 6.07) is 10.5. The fraction of sp³-hybridized carbons (Fsp3) is 0.222. The van der Waals surface area contributed by atoms with Gasteiger partial charge in [-0.3, -0.25) is 9.98 Å². The van der Waals surface area contributed by atoms with Crippen LogP contribution in [0.15, 0.2) is 55.3 Å². The van der Waals surface area contributed by atoms with Gasteiger partial charge in [-0.25, -0.2) is 0 Å². The van der Waals surface area contributed by atoms with Gasteiger partial charge in [0.05, 0.1) is 13.1 Å². The van der Waals surface area contributed by atoms with Crippen LogP contribution in [-0.2, 0) is 0 Å². The molecular formula is C18H18Br2N2O2. The number of aromatic hydroxyl groups is 2. The van der Waals surface area contributed by atoms with Crippen molar-refractivity contribution >= 4 is 43.3 Å². The van der Waals surface area contributed by atoms with Crippen LogP contribution in [0.25, 0.3) is 0 Å². The molecule has 0 unspecified atom stereocenters. The minimum absolute atomic E-state index is 0.207. The van der Waals surface area contributed by atoms with Crippen molar-refractivity contribution in [3.63, 3.8) is 0 Å². The Balaban J connectivity index is 2.05. The van der Waals surface area contributed by atoms with Gasteiger partial charge in [-0.05, 0) is 50.2 Å². The number of hydrogen-bond acceptors (Lipinski definition) is 4. The van der Waals surface area contributed by atoms with Crippen LogP contribution in [0.4, 0.5) is 0 Å². The summed E-state index contributed by atoms with van der Waals surface area (Å²) in [5, 5.41) is 19.8. The molecule has 2 aromatic rings. The maximum atomic E-state index is 9.89. The molecule has 2 aromatic carbocycles. The van der Waals surface area contributed by atoms with Gasteiger partial charge in [-0.2, -0.15) is 0 Å². The maximum absolute atomic E-state index is 9.89. The minimum atomic E-state index is 0.207. The van der Waals surface area contributed by atoms with Crippen molar-refractivity contribution in [2.24, 2.45) is 9.98 Å². The molecule has 6 heteroatoms. The fourth-order valence-electron chi connectivity index (χ4n) is 2.20. The summed E-state index contributed by atoms with van der Waals surface area (Å²) in [4.78, 5) is 8.92. The Bertz CT molecular complexity index is 734. The molecule has 0 aliphatic rings. The Morgan fingerprint density at radius 3 is 1.54 bits per heavy atom. The van der Waals surface area contributed by atoms with E-state index in [2.05, 4.69) is 41.8 Å². The van der Waals surface area contributed by atoms with Gasteiger partial charge < -0.3 is 10.2 Å². The van der Waals surface area contributed by atoms with E-state index >= 15 is 0 Å². The average molecular weight is 454 g/mol. The van der Waals surface area contributed by atoms with Crippen molar-refractivity contribution in [3.8, 4) is 11.5 Å². The van der Waals surface area contributed by atoms with E-state index in [1.54, 1.807) is 24.3 Å². The highest BCUT2D eigenvalue weighted by molar-refractivity contribution is 9.10. The largest absolute Gasteiger partial charge is 0.507 e. The number of hydrogen-bond donors (Lipinski definition) is 2. The van der Waals surface area contributed by atoms with E-state index in [1.165, 1.54) is 0 Å². The van der Waals surface area contributed by atoms with Crippen LogP contribution in [0.5, 0.6) is 11.5 Å². The van der Waals surface area contributed by atoms with Gasteiger partial charge in [0.25, 0.3) is 0 Å². The van der Waals surface area contributed by atoms with Gasteiger partial charge in [0.15, 0.2) is 0 Å². The van der Waals surface area contributed by atoms with Crippen molar-refractivity contribution < 1.29 is 10.2 Å². The first-order chi connectivity index (χ1) is 11.4. The lowest BCUT2D eigenvalue weighted by Crippen LogP contribution is -2.01. The van der Waals surface area contributed by atoms with E-state index in [9.17, 15) is 10.2 Å². The number of rotatable bonds is 5. The van der Waals surface area contributed by atoms with Crippen molar-refractivity contribution in [2.45, 2.75) is 13.8 Å². The summed E-state index contributed by atoms with van der Waals surface area (Å²) in [6.45, 7) is 4.73. The van der Waals surface area contributed by atoms with Crippen molar-refractivity contribution in [2.75, 3.05) is 13.1 Å². The zero-order chi connectivity index (χ0) is 17.7. The molecule has 0 saturated carbocycles.